The van der Waals surface area contributed by atoms with Gasteiger partial charge in [-0.25, -0.2) is 9.78 Å². The number of hydrogen-bond acceptors (Lipinski definition) is 7. The van der Waals surface area contributed by atoms with Crippen LogP contribution in [0.4, 0.5) is 9.93 Å². The average Bonchev–Trinajstić information content (AvgIpc) is 3.22. The molecule has 2 N–H and O–H groups in total. The molecule has 3 aromatic rings. The molecule has 8 nitrogen and oxygen atoms in total. The minimum absolute atomic E-state index is 0.285. The molecule has 2 amide bonds. The SMILES string of the molecule is Cc1cc(-c2sc(NC(=O)N3CCOC(C(C)(C)O)C3)nc2-c2cccc(C#N)c2)cc(C)n1. The number of amides is 2. The van der Waals surface area contributed by atoms with E-state index in [0.717, 1.165) is 27.4 Å². The molecular weight excluding hydrogens is 450 g/mol. The van der Waals surface area contributed by atoms with Gasteiger partial charge in [0.05, 0.1) is 41.0 Å². The number of aliphatic hydroxyl groups is 1. The maximum absolute atomic E-state index is 13.0. The van der Waals surface area contributed by atoms with E-state index in [1.165, 1.54) is 11.3 Å². The summed E-state index contributed by atoms with van der Waals surface area (Å²) in [6, 6.07) is 13.1. The van der Waals surface area contributed by atoms with Crippen LogP contribution in [0.25, 0.3) is 21.7 Å². The van der Waals surface area contributed by atoms with Crippen molar-refractivity contribution >= 4 is 22.5 Å². The van der Waals surface area contributed by atoms with Gasteiger partial charge >= 0.3 is 6.03 Å². The van der Waals surface area contributed by atoms with Gasteiger partial charge < -0.3 is 14.7 Å². The van der Waals surface area contributed by atoms with Gasteiger partial charge in [0, 0.05) is 23.5 Å². The molecule has 0 spiro atoms. The lowest BCUT2D eigenvalue weighted by atomic mass is 10.0. The zero-order valence-electron chi connectivity index (χ0n) is 19.6. The van der Waals surface area contributed by atoms with Gasteiger partial charge in [-0.05, 0) is 57.5 Å². The monoisotopic (exact) mass is 477 g/mol. The topological polar surface area (TPSA) is 111 Å². The van der Waals surface area contributed by atoms with Gasteiger partial charge in [-0.1, -0.05) is 23.5 Å². The lowest BCUT2D eigenvalue weighted by Crippen LogP contribution is -2.54. The summed E-state index contributed by atoms with van der Waals surface area (Å²) in [4.78, 5) is 24.8. The number of benzene rings is 1. The second kappa shape index (κ2) is 9.50. The molecule has 1 saturated heterocycles. The summed E-state index contributed by atoms with van der Waals surface area (Å²) in [5.74, 6) is 0. The van der Waals surface area contributed by atoms with Crippen LogP contribution in [0.5, 0.6) is 0 Å². The molecule has 2 aromatic heterocycles. The average molecular weight is 478 g/mol. The van der Waals surface area contributed by atoms with Crippen LogP contribution >= 0.6 is 11.3 Å². The maximum Gasteiger partial charge on any atom is 0.323 e. The first-order valence-electron chi connectivity index (χ1n) is 11.0. The number of nitriles is 1. The van der Waals surface area contributed by atoms with Crippen molar-refractivity contribution in [2.75, 3.05) is 25.0 Å². The van der Waals surface area contributed by atoms with Gasteiger partial charge in [0.2, 0.25) is 0 Å². The first-order valence-corrected chi connectivity index (χ1v) is 11.8. The number of ether oxygens (including phenoxy) is 1. The molecule has 176 valence electrons. The minimum Gasteiger partial charge on any atom is -0.388 e. The van der Waals surface area contributed by atoms with Crippen molar-refractivity contribution in [2.24, 2.45) is 0 Å². The maximum atomic E-state index is 13.0. The molecule has 3 heterocycles. The van der Waals surface area contributed by atoms with Crippen molar-refractivity contribution in [3.8, 4) is 27.8 Å². The predicted octanol–water partition coefficient (Wildman–Crippen LogP) is 4.36. The molecule has 4 rings (SSSR count). The summed E-state index contributed by atoms with van der Waals surface area (Å²) in [6.45, 7) is 8.29. The number of anilines is 1. The normalized spacial score (nSPS) is 16.2. The number of carbonyl (C=O) groups excluding carboxylic acids is 1. The van der Waals surface area contributed by atoms with Gasteiger partial charge in [0.1, 0.15) is 6.10 Å². The summed E-state index contributed by atoms with van der Waals surface area (Å²) < 4.78 is 5.64. The molecule has 1 aliphatic rings. The highest BCUT2D eigenvalue weighted by atomic mass is 32.1. The number of pyridine rings is 1. The predicted molar refractivity (Wildman–Crippen MR) is 132 cm³/mol. The largest absolute Gasteiger partial charge is 0.388 e. The van der Waals surface area contributed by atoms with Crippen LogP contribution < -0.4 is 5.32 Å². The Balaban J connectivity index is 1.68. The van der Waals surface area contributed by atoms with Crippen LogP contribution in [0.1, 0.15) is 30.8 Å². The first kappa shape index (κ1) is 23.8. The molecular formula is C25H27N5O3S. The summed E-state index contributed by atoms with van der Waals surface area (Å²) >= 11 is 1.38. The fourth-order valence-electron chi connectivity index (χ4n) is 3.90. The van der Waals surface area contributed by atoms with E-state index in [1.807, 2.05) is 38.1 Å². The van der Waals surface area contributed by atoms with Crippen molar-refractivity contribution in [3.63, 3.8) is 0 Å². The molecule has 1 unspecified atom stereocenters. The number of aromatic nitrogens is 2. The molecule has 1 aromatic carbocycles. The molecule has 1 aliphatic heterocycles. The van der Waals surface area contributed by atoms with Crippen molar-refractivity contribution in [1.29, 1.82) is 5.26 Å². The molecule has 0 aliphatic carbocycles. The summed E-state index contributed by atoms with van der Waals surface area (Å²) in [6.07, 6.45) is -0.467. The first-order chi connectivity index (χ1) is 16.1. The Kier molecular flexibility index (Phi) is 6.66. The molecule has 0 radical (unpaired) electrons. The molecule has 1 fully saturated rings. The fraction of sp³-hybridized carbons (Fsp3) is 0.360. The second-order valence-electron chi connectivity index (χ2n) is 8.92. The van der Waals surface area contributed by atoms with Gasteiger partial charge in [-0.15, -0.1) is 0 Å². The summed E-state index contributed by atoms with van der Waals surface area (Å²) in [5, 5.41) is 23.0. The number of aryl methyl sites for hydroxylation is 2. The summed E-state index contributed by atoms with van der Waals surface area (Å²) in [5.41, 5.74) is 3.70. The van der Waals surface area contributed by atoms with Gasteiger partial charge in [0.15, 0.2) is 5.13 Å². The highest BCUT2D eigenvalue weighted by molar-refractivity contribution is 7.19. The highest BCUT2D eigenvalue weighted by Gasteiger charge is 2.34. The van der Waals surface area contributed by atoms with Gasteiger partial charge in [-0.2, -0.15) is 5.26 Å². The third kappa shape index (κ3) is 5.25. The smallest absolute Gasteiger partial charge is 0.323 e. The van der Waals surface area contributed by atoms with E-state index < -0.39 is 11.7 Å². The molecule has 9 heteroatoms. The number of morpholine rings is 1. The lowest BCUT2D eigenvalue weighted by Gasteiger charge is -2.38. The van der Waals surface area contributed by atoms with Crippen LogP contribution in [-0.4, -0.2) is 57.4 Å². The van der Waals surface area contributed by atoms with E-state index in [2.05, 4.69) is 16.4 Å². The van der Waals surface area contributed by atoms with Crippen LogP contribution in [0, 0.1) is 25.2 Å². The fourth-order valence-corrected chi connectivity index (χ4v) is 4.86. The Morgan fingerprint density at radius 3 is 2.65 bits per heavy atom. The van der Waals surface area contributed by atoms with Crippen molar-refractivity contribution < 1.29 is 14.6 Å². The van der Waals surface area contributed by atoms with Gasteiger partial charge in [-0.3, -0.25) is 10.3 Å². The number of carbonyl (C=O) groups is 1. The van der Waals surface area contributed by atoms with Crippen molar-refractivity contribution in [2.45, 2.75) is 39.4 Å². The van der Waals surface area contributed by atoms with E-state index >= 15 is 0 Å². The van der Waals surface area contributed by atoms with Crippen molar-refractivity contribution in [1.82, 2.24) is 14.9 Å². The van der Waals surface area contributed by atoms with Crippen LogP contribution in [-0.2, 0) is 4.74 Å². The second-order valence-corrected chi connectivity index (χ2v) is 9.92. The number of hydrogen-bond donors (Lipinski definition) is 2. The van der Waals surface area contributed by atoms with E-state index in [1.54, 1.807) is 30.9 Å². The standard InChI is InChI=1S/C25H27N5O3S/c1-15-10-19(11-16(2)27-15)22-21(18-7-5-6-17(12-18)13-26)28-23(34-22)29-24(31)30-8-9-33-20(14-30)25(3,4)32/h5-7,10-12,20,32H,8-9,14H2,1-4H3,(H,28,29,31). The Morgan fingerprint density at radius 1 is 1.24 bits per heavy atom. The number of thiazole rings is 1. The zero-order chi connectivity index (χ0) is 24.5. The minimum atomic E-state index is -1.05. The number of urea groups is 1. The van der Waals surface area contributed by atoms with Crippen LogP contribution in [0.2, 0.25) is 0 Å². The third-order valence-corrected chi connectivity index (χ3v) is 6.61. The summed E-state index contributed by atoms with van der Waals surface area (Å²) in [7, 11) is 0. The Labute approximate surface area is 202 Å². The Morgan fingerprint density at radius 2 is 1.97 bits per heavy atom. The van der Waals surface area contributed by atoms with E-state index in [0.29, 0.717) is 29.5 Å². The zero-order valence-corrected chi connectivity index (χ0v) is 20.4. The lowest BCUT2D eigenvalue weighted by molar-refractivity contribution is -0.118. The molecule has 34 heavy (non-hydrogen) atoms. The van der Waals surface area contributed by atoms with E-state index in [9.17, 15) is 15.2 Å². The van der Waals surface area contributed by atoms with Crippen LogP contribution in [0.3, 0.4) is 0 Å². The molecule has 0 bridgehead atoms. The van der Waals surface area contributed by atoms with Crippen molar-refractivity contribution in [3.05, 3.63) is 53.3 Å². The highest BCUT2D eigenvalue weighted by Crippen LogP contribution is 2.39. The van der Waals surface area contributed by atoms with Gasteiger partial charge in [0.25, 0.3) is 0 Å². The van der Waals surface area contributed by atoms with E-state index in [-0.39, 0.29) is 12.6 Å². The number of nitrogens with one attached hydrogen (secondary N) is 1. The van der Waals surface area contributed by atoms with Crippen LogP contribution in [0.15, 0.2) is 36.4 Å². The van der Waals surface area contributed by atoms with E-state index in [4.69, 9.17) is 9.72 Å². The number of rotatable bonds is 4. The quantitative estimate of drug-likeness (QED) is 0.577. The molecule has 1 atom stereocenters. The third-order valence-electron chi connectivity index (χ3n) is 5.59. The Bertz CT molecular complexity index is 1240. The molecule has 0 saturated carbocycles. The Hall–Kier alpha value is -3.32. The number of nitrogens with zero attached hydrogens (tertiary/aromatic N) is 4.